The lowest BCUT2D eigenvalue weighted by Crippen LogP contribution is -2.54. The Balaban J connectivity index is 1.43. The van der Waals surface area contributed by atoms with E-state index in [-0.39, 0.29) is 5.91 Å². The molecule has 1 aromatic rings. The monoisotopic (exact) mass is 364 g/mol. The van der Waals surface area contributed by atoms with Gasteiger partial charge in [-0.15, -0.1) is 0 Å². The number of amides is 1. The Hall–Kier alpha value is -1.30. The molecule has 0 spiro atoms. The van der Waals surface area contributed by atoms with E-state index in [0.717, 1.165) is 57.4 Å². The molecule has 25 heavy (non-hydrogen) atoms. The molecule has 1 amide bonds. The van der Waals surface area contributed by atoms with Crippen molar-refractivity contribution < 1.29 is 4.79 Å². The van der Waals surface area contributed by atoms with Crippen LogP contribution in [0.3, 0.4) is 0 Å². The van der Waals surface area contributed by atoms with Crippen molar-refractivity contribution >= 4 is 23.2 Å². The maximum atomic E-state index is 12.6. The molecule has 0 saturated carbocycles. The molecule has 3 rings (SSSR count). The van der Waals surface area contributed by atoms with Gasteiger partial charge in [-0.2, -0.15) is 0 Å². The fourth-order valence-electron chi connectivity index (χ4n) is 3.60. The number of carbonyl (C=O) groups is 1. The molecule has 138 valence electrons. The molecular formula is C19H29ClN4O. The highest BCUT2D eigenvalue weighted by Gasteiger charge is 2.25. The van der Waals surface area contributed by atoms with Gasteiger partial charge in [-0.05, 0) is 38.1 Å². The molecule has 0 atom stereocenters. The van der Waals surface area contributed by atoms with Crippen LogP contribution in [0.2, 0.25) is 5.02 Å². The molecule has 2 heterocycles. The van der Waals surface area contributed by atoms with Crippen LogP contribution >= 0.6 is 11.6 Å². The summed E-state index contributed by atoms with van der Waals surface area (Å²) >= 11 is 5.96. The highest BCUT2D eigenvalue weighted by atomic mass is 35.5. The summed E-state index contributed by atoms with van der Waals surface area (Å²) in [6.07, 6.45) is 0. The molecule has 2 fully saturated rings. The Morgan fingerprint density at radius 2 is 1.56 bits per heavy atom. The average molecular weight is 365 g/mol. The second-order valence-electron chi connectivity index (χ2n) is 7.25. The van der Waals surface area contributed by atoms with E-state index in [1.165, 1.54) is 5.69 Å². The maximum Gasteiger partial charge on any atom is 0.236 e. The summed E-state index contributed by atoms with van der Waals surface area (Å²) in [5, 5.41) is 0.769. The summed E-state index contributed by atoms with van der Waals surface area (Å²) in [5.41, 5.74) is 1.21. The van der Waals surface area contributed by atoms with E-state index in [1.54, 1.807) is 0 Å². The molecule has 6 heteroatoms. The third-order valence-electron chi connectivity index (χ3n) is 5.32. The zero-order valence-electron chi connectivity index (χ0n) is 15.3. The number of hydrogen-bond donors (Lipinski definition) is 0. The topological polar surface area (TPSA) is 30.0 Å². The van der Waals surface area contributed by atoms with Gasteiger partial charge in [0.15, 0.2) is 0 Å². The molecule has 0 aromatic heterocycles. The molecular weight excluding hydrogens is 336 g/mol. The summed E-state index contributed by atoms with van der Waals surface area (Å²) in [4.78, 5) is 21.7. The van der Waals surface area contributed by atoms with Crippen molar-refractivity contribution in [2.45, 2.75) is 19.9 Å². The number of carbonyl (C=O) groups excluding carboxylic acids is 1. The lowest BCUT2D eigenvalue weighted by Gasteiger charge is -2.39. The molecule has 0 aliphatic carbocycles. The van der Waals surface area contributed by atoms with Crippen LogP contribution in [-0.2, 0) is 4.79 Å². The van der Waals surface area contributed by atoms with Gasteiger partial charge in [0, 0.05) is 69.1 Å². The number of anilines is 1. The summed E-state index contributed by atoms with van der Waals surface area (Å²) in [6, 6.07) is 8.57. The van der Waals surface area contributed by atoms with Crippen LogP contribution in [0.5, 0.6) is 0 Å². The lowest BCUT2D eigenvalue weighted by atomic mass is 10.2. The van der Waals surface area contributed by atoms with Gasteiger partial charge >= 0.3 is 0 Å². The van der Waals surface area contributed by atoms with Gasteiger partial charge in [-0.25, -0.2) is 0 Å². The molecule has 1 aromatic carbocycles. The number of halogens is 1. The van der Waals surface area contributed by atoms with E-state index in [0.29, 0.717) is 12.6 Å². The van der Waals surface area contributed by atoms with Crippen LogP contribution in [0.25, 0.3) is 0 Å². The van der Waals surface area contributed by atoms with Gasteiger partial charge < -0.3 is 9.80 Å². The van der Waals surface area contributed by atoms with Gasteiger partial charge in [0.05, 0.1) is 6.54 Å². The highest BCUT2D eigenvalue weighted by molar-refractivity contribution is 6.30. The zero-order valence-corrected chi connectivity index (χ0v) is 16.1. The molecule has 0 radical (unpaired) electrons. The fraction of sp³-hybridized carbons (Fsp3) is 0.632. The minimum Gasteiger partial charge on any atom is -0.369 e. The molecule has 2 saturated heterocycles. The quantitative estimate of drug-likeness (QED) is 0.817. The van der Waals surface area contributed by atoms with Gasteiger partial charge in [0.25, 0.3) is 0 Å². The second-order valence-corrected chi connectivity index (χ2v) is 7.69. The van der Waals surface area contributed by atoms with Crippen LogP contribution in [0.1, 0.15) is 13.8 Å². The largest absolute Gasteiger partial charge is 0.369 e. The predicted molar refractivity (Wildman–Crippen MR) is 103 cm³/mol. The molecule has 2 aliphatic rings. The number of rotatable bonds is 4. The lowest BCUT2D eigenvalue weighted by molar-refractivity contribution is -0.134. The zero-order chi connectivity index (χ0) is 17.8. The van der Waals surface area contributed by atoms with Crippen LogP contribution in [0.4, 0.5) is 5.69 Å². The Bertz CT molecular complexity index is 561. The minimum absolute atomic E-state index is 0.281. The summed E-state index contributed by atoms with van der Waals surface area (Å²) in [7, 11) is 0. The molecule has 0 bridgehead atoms. The minimum atomic E-state index is 0.281. The smallest absolute Gasteiger partial charge is 0.236 e. The van der Waals surface area contributed by atoms with E-state index in [4.69, 9.17) is 11.6 Å². The van der Waals surface area contributed by atoms with E-state index < -0.39 is 0 Å². The van der Waals surface area contributed by atoms with E-state index in [9.17, 15) is 4.79 Å². The summed E-state index contributed by atoms with van der Waals surface area (Å²) in [5.74, 6) is 0.281. The SMILES string of the molecule is CC(C)N1CCN(C(=O)CN2CCN(c3ccc(Cl)cc3)CC2)CC1. The Labute approximate surface area is 156 Å². The standard InChI is InChI=1S/C19H29ClN4O/c1-16(2)22-11-13-24(14-12-22)19(25)15-21-7-9-23(10-8-21)18-5-3-17(20)4-6-18/h3-6,16H,7-15H2,1-2H3. The van der Waals surface area contributed by atoms with E-state index in [1.807, 2.05) is 17.0 Å². The van der Waals surface area contributed by atoms with Crippen molar-refractivity contribution in [3.05, 3.63) is 29.3 Å². The molecule has 0 N–H and O–H groups in total. The van der Waals surface area contributed by atoms with Crippen LogP contribution in [-0.4, -0.2) is 85.6 Å². The predicted octanol–water partition coefficient (Wildman–Crippen LogP) is 2.01. The fourth-order valence-corrected chi connectivity index (χ4v) is 3.72. The third kappa shape index (κ3) is 4.87. The van der Waals surface area contributed by atoms with Gasteiger partial charge in [-0.3, -0.25) is 14.6 Å². The second kappa shape index (κ2) is 8.39. The first kappa shape index (κ1) is 18.5. The molecule has 2 aliphatic heterocycles. The van der Waals surface area contributed by atoms with Crippen molar-refractivity contribution in [1.29, 1.82) is 0 Å². The van der Waals surface area contributed by atoms with Crippen molar-refractivity contribution in [3.8, 4) is 0 Å². The van der Waals surface area contributed by atoms with Crippen LogP contribution in [0, 0.1) is 0 Å². The Kier molecular flexibility index (Phi) is 6.20. The van der Waals surface area contributed by atoms with E-state index in [2.05, 4.69) is 40.7 Å². The highest BCUT2D eigenvalue weighted by Crippen LogP contribution is 2.19. The summed E-state index contributed by atoms with van der Waals surface area (Å²) in [6.45, 7) is 12.5. The number of hydrogen-bond acceptors (Lipinski definition) is 4. The van der Waals surface area contributed by atoms with Gasteiger partial charge in [-0.1, -0.05) is 11.6 Å². The average Bonchev–Trinajstić information content (AvgIpc) is 2.63. The van der Waals surface area contributed by atoms with Gasteiger partial charge in [0.1, 0.15) is 0 Å². The maximum absolute atomic E-state index is 12.6. The van der Waals surface area contributed by atoms with Gasteiger partial charge in [0.2, 0.25) is 5.91 Å². The van der Waals surface area contributed by atoms with Crippen LogP contribution in [0.15, 0.2) is 24.3 Å². The number of nitrogens with zero attached hydrogens (tertiary/aromatic N) is 4. The third-order valence-corrected chi connectivity index (χ3v) is 5.57. The first-order chi connectivity index (χ1) is 12.0. The Morgan fingerprint density at radius 3 is 2.12 bits per heavy atom. The molecule has 0 unspecified atom stereocenters. The normalized spacial score (nSPS) is 20.3. The van der Waals surface area contributed by atoms with E-state index >= 15 is 0 Å². The summed E-state index contributed by atoms with van der Waals surface area (Å²) < 4.78 is 0. The first-order valence-electron chi connectivity index (χ1n) is 9.27. The first-order valence-corrected chi connectivity index (χ1v) is 9.65. The number of piperazine rings is 2. The Morgan fingerprint density at radius 1 is 0.960 bits per heavy atom. The van der Waals surface area contributed by atoms with Crippen molar-refractivity contribution in [3.63, 3.8) is 0 Å². The van der Waals surface area contributed by atoms with Crippen molar-refractivity contribution in [2.75, 3.05) is 63.8 Å². The van der Waals surface area contributed by atoms with Crippen molar-refractivity contribution in [1.82, 2.24) is 14.7 Å². The molecule has 5 nitrogen and oxygen atoms in total. The number of benzene rings is 1. The van der Waals surface area contributed by atoms with Crippen LogP contribution < -0.4 is 4.90 Å². The van der Waals surface area contributed by atoms with Crippen molar-refractivity contribution in [2.24, 2.45) is 0 Å².